The third-order valence-electron chi connectivity index (χ3n) is 5.67. The van der Waals surface area contributed by atoms with Gasteiger partial charge in [0.2, 0.25) is 6.79 Å². The first-order chi connectivity index (χ1) is 14.3. The first-order valence-corrected chi connectivity index (χ1v) is 9.97. The van der Waals surface area contributed by atoms with Crippen molar-refractivity contribution in [3.63, 3.8) is 0 Å². The van der Waals surface area contributed by atoms with Gasteiger partial charge in [-0.2, -0.15) is 0 Å². The van der Waals surface area contributed by atoms with Gasteiger partial charge in [-0.25, -0.2) is 0 Å². The Morgan fingerprint density at radius 3 is 2.86 bits per heavy atom. The summed E-state index contributed by atoms with van der Waals surface area (Å²) in [6.07, 6.45) is 6.41. The summed E-state index contributed by atoms with van der Waals surface area (Å²) in [6.45, 7) is 0.747. The molecule has 29 heavy (non-hydrogen) atoms. The molecule has 1 aliphatic carbocycles. The van der Waals surface area contributed by atoms with E-state index in [1.165, 1.54) is 11.1 Å². The van der Waals surface area contributed by atoms with Crippen LogP contribution in [0, 0.1) is 0 Å². The Hall–Kier alpha value is -3.34. The minimum Gasteiger partial charge on any atom is -0.454 e. The van der Waals surface area contributed by atoms with E-state index in [1.807, 2.05) is 29.2 Å². The number of aryl methyl sites for hydroxylation is 1. The molecule has 5 rings (SSSR count). The van der Waals surface area contributed by atoms with Gasteiger partial charge in [-0.05, 0) is 60.2 Å². The molecule has 0 fully saturated rings. The predicted molar refractivity (Wildman–Crippen MR) is 109 cm³/mol. The van der Waals surface area contributed by atoms with E-state index in [1.54, 1.807) is 18.5 Å². The normalized spacial score (nSPS) is 16.9. The highest BCUT2D eigenvalue weighted by atomic mass is 16.7. The van der Waals surface area contributed by atoms with Gasteiger partial charge < -0.3 is 14.4 Å². The molecule has 0 unspecified atom stereocenters. The molecule has 0 bridgehead atoms. The Bertz CT molecular complexity index is 1040. The number of fused-ring (bicyclic) bond motifs is 2. The molecule has 5 heteroatoms. The van der Waals surface area contributed by atoms with Crippen molar-refractivity contribution >= 4 is 5.91 Å². The number of nitrogens with zero attached hydrogens (tertiary/aromatic N) is 2. The summed E-state index contributed by atoms with van der Waals surface area (Å²) < 4.78 is 11.0. The zero-order valence-electron chi connectivity index (χ0n) is 16.1. The molecule has 1 aliphatic heterocycles. The lowest BCUT2D eigenvalue weighted by Crippen LogP contribution is -2.36. The van der Waals surface area contributed by atoms with E-state index in [0.29, 0.717) is 12.1 Å². The van der Waals surface area contributed by atoms with Crippen molar-refractivity contribution in [2.75, 3.05) is 6.79 Å². The molecule has 2 aliphatic rings. The molecular formula is C24H22N2O3. The van der Waals surface area contributed by atoms with Gasteiger partial charge in [-0.1, -0.05) is 30.3 Å². The first-order valence-electron chi connectivity index (χ1n) is 9.97. The monoisotopic (exact) mass is 386 g/mol. The molecule has 0 radical (unpaired) electrons. The van der Waals surface area contributed by atoms with Crippen molar-refractivity contribution in [2.24, 2.45) is 0 Å². The minimum atomic E-state index is -0.00234. The second-order valence-electron chi connectivity index (χ2n) is 7.47. The summed E-state index contributed by atoms with van der Waals surface area (Å²) >= 11 is 0. The highest BCUT2D eigenvalue weighted by Crippen LogP contribution is 2.37. The van der Waals surface area contributed by atoms with Gasteiger partial charge in [0.05, 0.1) is 11.6 Å². The smallest absolute Gasteiger partial charge is 0.256 e. The fourth-order valence-electron chi connectivity index (χ4n) is 4.27. The van der Waals surface area contributed by atoms with Gasteiger partial charge in [0.25, 0.3) is 5.91 Å². The van der Waals surface area contributed by atoms with Crippen molar-refractivity contribution in [3.8, 4) is 11.5 Å². The molecule has 0 saturated carbocycles. The number of hydrogen-bond donors (Lipinski definition) is 0. The lowest BCUT2D eigenvalue weighted by atomic mass is 9.86. The summed E-state index contributed by atoms with van der Waals surface area (Å²) in [4.78, 5) is 19.6. The van der Waals surface area contributed by atoms with Crippen LogP contribution in [-0.2, 0) is 13.0 Å². The summed E-state index contributed by atoms with van der Waals surface area (Å²) in [6, 6.07) is 18.0. The van der Waals surface area contributed by atoms with Crippen LogP contribution in [-0.4, -0.2) is 22.6 Å². The number of benzene rings is 2. The first kappa shape index (κ1) is 17.7. The number of amides is 1. The number of hydrogen-bond acceptors (Lipinski definition) is 4. The van der Waals surface area contributed by atoms with E-state index in [-0.39, 0.29) is 18.7 Å². The molecular weight excluding hydrogens is 364 g/mol. The number of ether oxygens (including phenoxy) is 2. The molecule has 1 amide bonds. The third-order valence-corrected chi connectivity index (χ3v) is 5.67. The van der Waals surface area contributed by atoms with Crippen molar-refractivity contribution in [2.45, 2.75) is 31.8 Å². The predicted octanol–water partition coefficient (Wildman–Crippen LogP) is 4.53. The molecule has 5 nitrogen and oxygen atoms in total. The molecule has 1 atom stereocenters. The van der Waals surface area contributed by atoms with Crippen molar-refractivity contribution in [1.29, 1.82) is 0 Å². The van der Waals surface area contributed by atoms with Gasteiger partial charge in [0, 0.05) is 18.9 Å². The SMILES string of the molecule is O=C(c1cccnc1)N(Cc1ccc2c(c1)OCO2)[C@@H]1CCCc2ccccc21. The maximum atomic E-state index is 13.5. The highest BCUT2D eigenvalue weighted by Gasteiger charge is 2.30. The lowest BCUT2D eigenvalue weighted by Gasteiger charge is -2.36. The van der Waals surface area contributed by atoms with Crippen LogP contribution in [0.25, 0.3) is 0 Å². The van der Waals surface area contributed by atoms with Crippen LogP contribution in [0.3, 0.4) is 0 Å². The number of carbonyl (C=O) groups excluding carboxylic acids is 1. The van der Waals surface area contributed by atoms with E-state index in [0.717, 1.165) is 36.3 Å². The molecule has 1 aromatic heterocycles. The average molecular weight is 386 g/mol. The molecule has 2 heterocycles. The Morgan fingerprint density at radius 1 is 1.07 bits per heavy atom. The third kappa shape index (κ3) is 3.44. The van der Waals surface area contributed by atoms with Crippen LogP contribution < -0.4 is 9.47 Å². The average Bonchev–Trinajstić information content (AvgIpc) is 3.25. The van der Waals surface area contributed by atoms with Crippen LogP contribution in [0.1, 0.15) is 45.9 Å². The second-order valence-corrected chi connectivity index (χ2v) is 7.47. The van der Waals surface area contributed by atoms with Gasteiger partial charge in [0.15, 0.2) is 11.5 Å². The Kier molecular flexibility index (Phi) is 4.64. The van der Waals surface area contributed by atoms with Crippen LogP contribution >= 0.6 is 0 Å². The van der Waals surface area contributed by atoms with Crippen molar-refractivity contribution in [3.05, 3.63) is 89.2 Å². The van der Waals surface area contributed by atoms with Gasteiger partial charge in [0.1, 0.15) is 0 Å². The fourth-order valence-corrected chi connectivity index (χ4v) is 4.27. The van der Waals surface area contributed by atoms with Crippen molar-refractivity contribution < 1.29 is 14.3 Å². The zero-order valence-corrected chi connectivity index (χ0v) is 16.1. The number of aromatic nitrogens is 1. The topological polar surface area (TPSA) is 51.7 Å². The van der Waals surface area contributed by atoms with Crippen LogP contribution in [0.4, 0.5) is 0 Å². The summed E-state index contributed by atoms with van der Waals surface area (Å²) in [5.74, 6) is 1.49. The van der Waals surface area contributed by atoms with E-state index in [2.05, 4.69) is 29.2 Å². The maximum Gasteiger partial charge on any atom is 0.256 e. The standard InChI is InChI=1S/C24H22N2O3/c27-24(19-7-4-12-25-14-19)26(15-17-10-11-22-23(13-17)29-16-28-22)21-9-3-6-18-5-1-2-8-20(18)21/h1-2,4-5,7-8,10-14,21H,3,6,9,15-16H2/t21-/m1/s1. The second kappa shape index (κ2) is 7.59. The highest BCUT2D eigenvalue weighted by molar-refractivity contribution is 5.94. The summed E-state index contributed by atoms with van der Waals surface area (Å²) in [5, 5.41) is 0. The largest absolute Gasteiger partial charge is 0.454 e. The summed E-state index contributed by atoms with van der Waals surface area (Å²) in [5.41, 5.74) is 4.21. The van der Waals surface area contributed by atoms with Crippen LogP contribution in [0.15, 0.2) is 67.0 Å². The van der Waals surface area contributed by atoms with Crippen LogP contribution in [0.2, 0.25) is 0 Å². The van der Waals surface area contributed by atoms with E-state index >= 15 is 0 Å². The van der Waals surface area contributed by atoms with Gasteiger partial charge >= 0.3 is 0 Å². The molecule has 3 aromatic rings. The Morgan fingerprint density at radius 2 is 1.97 bits per heavy atom. The Labute approximate surface area is 169 Å². The van der Waals surface area contributed by atoms with Crippen molar-refractivity contribution in [1.82, 2.24) is 9.88 Å². The maximum absolute atomic E-state index is 13.5. The zero-order chi connectivity index (χ0) is 19.6. The molecule has 0 saturated heterocycles. The fraction of sp³-hybridized carbons (Fsp3) is 0.250. The van der Waals surface area contributed by atoms with Gasteiger partial charge in [-0.15, -0.1) is 0 Å². The van der Waals surface area contributed by atoms with E-state index in [4.69, 9.17) is 9.47 Å². The Balaban J connectivity index is 1.52. The summed E-state index contributed by atoms with van der Waals surface area (Å²) in [7, 11) is 0. The molecule has 0 N–H and O–H groups in total. The quantitative estimate of drug-likeness (QED) is 0.661. The van der Waals surface area contributed by atoms with Crippen LogP contribution in [0.5, 0.6) is 11.5 Å². The molecule has 0 spiro atoms. The molecule has 2 aromatic carbocycles. The number of pyridine rings is 1. The minimum absolute atomic E-state index is 0.00234. The lowest BCUT2D eigenvalue weighted by molar-refractivity contribution is 0.0637. The van der Waals surface area contributed by atoms with Gasteiger partial charge in [-0.3, -0.25) is 9.78 Å². The van der Waals surface area contributed by atoms with E-state index in [9.17, 15) is 4.79 Å². The number of carbonyl (C=O) groups is 1. The van der Waals surface area contributed by atoms with E-state index < -0.39 is 0 Å². The number of rotatable bonds is 4. The molecule has 146 valence electrons.